The van der Waals surface area contributed by atoms with E-state index in [2.05, 4.69) is 38.2 Å². The average molecular weight is 619 g/mol. The maximum Gasteiger partial charge on any atom is 2.00 e. The van der Waals surface area contributed by atoms with Gasteiger partial charge in [-0.2, -0.15) is 0 Å². The van der Waals surface area contributed by atoms with Crippen molar-refractivity contribution in [1.29, 1.82) is 0 Å². The van der Waals surface area contributed by atoms with E-state index in [1.165, 1.54) is 128 Å². The van der Waals surface area contributed by atoms with Crippen LogP contribution in [0, 0.1) is 0 Å². The Morgan fingerprint density at radius 2 is 0.610 bits per heavy atom. The molecule has 5 heteroatoms. The van der Waals surface area contributed by atoms with Crippen LogP contribution in [0.4, 0.5) is 0 Å². The second-order valence-corrected chi connectivity index (χ2v) is 11.4. The van der Waals surface area contributed by atoms with Crippen molar-refractivity contribution in [2.75, 3.05) is 0 Å². The number of carboxylic acids is 2. The Hall–Kier alpha value is -1.06. The molecule has 0 bridgehead atoms. The predicted octanol–water partition coefficient (Wildman–Crippen LogP) is 9.55. The van der Waals surface area contributed by atoms with Gasteiger partial charge < -0.3 is 19.8 Å². The Balaban J connectivity index is -0.000000688. The summed E-state index contributed by atoms with van der Waals surface area (Å²) in [5, 5.41) is 20.4. The minimum Gasteiger partial charge on any atom is -0.550 e. The summed E-state index contributed by atoms with van der Waals surface area (Å²) in [6.07, 6.45) is 41.8. The van der Waals surface area contributed by atoms with Crippen molar-refractivity contribution in [3.8, 4) is 0 Å². The van der Waals surface area contributed by atoms with Crippen LogP contribution in [0.15, 0.2) is 24.3 Å². The molecule has 0 atom stereocenters. The summed E-state index contributed by atoms with van der Waals surface area (Å²) in [6.45, 7) is 4.51. The van der Waals surface area contributed by atoms with Gasteiger partial charge in [-0.15, -0.1) is 0 Å². The van der Waals surface area contributed by atoms with E-state index in [4.69, 9.17) is 0 Å². The van der Waals surface area contributed by atoms with Gasteiger partial charge in [0.25, 0.3) is 0 Å². The summed E-state index contributed by atoms with van der Waals surface area (Å²) in [5.41, 5.74) is 0. The fourth-order valence-electron chi connectivity index (χ4n) is 4.68. The molecule has 0 aromatic heterocycles. The first-order chi connectivity index (χ1) is 19.5. The van der Waals surface area contributed by atoms with Gasteiger partial charge in [-0.05, 0) is 77.0 Å². The number of allylic oxidation sites excluding steroid dienone is 4. The van der Waals surface area contributed by atoms with Crippen LogP contribution in [0.3, 0.4) is 0 Å². The Morgan fingerprint density at radius 3 is 0.854 bits per heavy atom. The van der Waals surface area contributed by atoms with E-state index >= 15 is 0 Å². The number of carboxylic acid groups (broad SMARTS) is 2. The van der Waals surface area contributed by atoms with E-state index in [9.17, 15) is 19.8 Å². The van der Waals surface area contributed by atoms with E-state index in [1.807, 2.05) is 0 Å². The number of carbonyl (C=O) groups is 2. The van der Waals surface area contributed by atoms with E-state index in [1.54, 1.807) is 0 Å². The third-order valence-electron chi connectivity index (χ3n) is 7.29. The zero-order valence-electron chi connectivity index (χ0n) is 27.1. The second kappa shape index (κ2) is 41.1. The first-order valence-corrected chi connectivity index (χ1v) is 17.2. The van der Waals surface area contributed by atoms with Gasteiger partial charge in [-0.3, -0.25) is 0 Å². The average Bonchev–Trinajstić information content (AvgIpc) is 2.93. The third kappa shape index (κ3) is 49.0. The van der Waals surface area contributed by atoms with Gasteiger partial charge in [-0.25, -0.2) is 0 Å². The van der Waals surface area contributed by atoms with E-state index in [-0.39, 0.29) is 29.9 Å². The predicted molar refractivity (Wildman–Crippen MR) is 169 cm³/mol. The summed E-state index contributed by atoms with van der Waals surface area (Å²) in [5.74, 6) is -1.83. The van der Waals surface area contributed by atoms with Gasteiger partial charge in [0.1, 0.15) is 0 Å². The molecule has 4 nitrogen and oxygen atoms in total. The standard InChI is InChI=1S/2C18H34O2.Fe/c2*1-2-3-4-5-6-7-8-9-10-11-12-13-14-15-16-17-18(19)20;/h2*9-10H,2-8,11-17H2,1H3,(H,19,20);/q;;+2/p-2. The van der Waals surface area contributed by atoms with Crippen molar-refractivity contribution < 1.29 is 36.9 Å². The summed E-state index contributed by atoms with van der Waals surface area (Å²) in [6, 6.07) is 0. The summed E-state index contributed by atoms with van der Waals surface area (Å²) in [4.78, 5) is 20.4. The first kappa shape index (κ1) is 44.4. The van der Waals surface area contributed by atoms with Crippen LogP contribution in [0.2, 0.25) is 0 Å². The van der Waals surface area contributed by atoms with Gasteiger partial charge in [0.05, 0.1) is 0 Å². The number of carbonyl (C=O) groups excluding carboxylic acids is 2. The third-order valence-corrected chi connectivity index (χ3v) is 7.29. The summed E-state index contributed by atoms with van der Waals surface area (Å²) in [7, 11) is 0. The fraction of sp³-hybridized carbons (Fsp3) is 0.833. The minimum absolute atomic E-state index is 0. The molecule has 0 saturated heterocycles. The molecule has 0 unspecified atom stereocenters. The topological polar surface area (TPSA) is 80.3 Å². The second-order valence-electron chi connectivity index (χ2n) is 11.4. The molecular formula is C36H66FeO4. The monoisotopic (exact) mass is 618 g/mol. The molecule has 41 heavy (non-hydrogen) atoms. The molecule has 0 saturated carbocycles. The Bertz CT molecular complexity index is 524. The largest absolute Gasteiger partial charge is 2.00 e. The first-order valence-electron chi connectivity index (χ1n) is 17.2. The van der Waals surface area contributed by atoms with Crippen LogP contribution >= 0.6 is 0 Å². The number of unbranched alkanes of at least 4 members (excludes halogenated alkanes) is 22. The zero-order valence-corrected chi connectivity index (χ0v) is 28.2. The van der Waals surface area contributed by atoms with Gasteiger partial charge in [0.2, 0.25) is 0 Å². The van der Waals surface area contributed by atoms with Crippen molar-refractivity contribution in [2.24, 2.45) is 0 Å². The van der Waals surface area contributed by atoms with Crippen molar-refractivity contribution in [1.82, 2.24) is 0 Å². The maximum absolute atomic E-state index is 10.2. The molecule has 0 fully saturated rings. The van der Waals surface area contributed by atoms with Crippen molar-refractivity contribution in [2.45, 2.75) is 194 Å². The van der Waals surface area contributed by atoms with Gasteiger partial charge in [0.15, 0.2) is 0 Å². The van der Waals surface area contributed by atoms with E-state index in [0.717, 1.165) is 38.5 Å². The molecule has 0 heterocycles. The Morgan fingerprint density at radius 1 is 0.390 bits per heavy atom. The van der Waals surface area contributed by atoms with Gasteiger partial charge in [0, 0.05) is 11.9 Å². The maximum atomic E-state index is 10.2. The van der Waals surface area contributed by atoms with E-state index in [0.29, 0.717) is 0 Å². The fourth-order valence-corrected chi connectivity index (χ4v) is 4.68. The quantitative estimate of drug-likeness (QED) is 0.0456. The van der Waals surface area contributed by atoms with Crippen LogP contribution < -0.4 is 10.2 Å². The number of aliphatic carboxylic acids is 2. The molecule has 0 rings (SSSR count). The molecule has 0 amide bonds. The minimum atomic E-state index is -0.914. The number of hydrogen-bond donors (Lipinski definition) is 0. The summed E-state index contributed by atoms with van der Waals surface area (Å²) < 4.78 is 0. The molecule has 0 aliphatic heterocycles. The van der Waals surface area contributed by atoms with E-state index < -0.39 is 11.9 Å². The molecule has 0 aromatic carbocycles. The van der Waals surface area contributed by atoms with Crippen LogP contribution in [0.5, 0.6) is 0 Å². The van der Waals surface area contributed by atoms with Crippen LogP contribution in [0.1, 0.15) is 194 Å². The van der Waals surface area contributed by atoms with Crippen molar-refractivity contribution in [3.05, 3.63) is 24.3 Å². The van der Waals surface area contributed by atoms with Crippen molar-refractivity contribution in [3.63, 3.8) is 0 Å². The van der Waals surface area contributed by atoms with Gasteiger partial charge in [-0.1, -0.05) is 141 Å². The molecule has 0 spiro atoms. The summed E-state index contributed by atoms with van der Waals surface area (Å²) >= 11 is 0. The molecule has 242 valence electrons. The normalized spacial score (nSPS) is 11.0. The van der Waals surface area contributed by atoms with Crippen molar-refractivity contribution >= 4 is 11.9 Å². The number of hydrogen-bond acceptors (Lipinski definition) is 4. The zero-order chi connectivity index (χ0) is 29.8. The molecule has 0 radical (unpaired) electrons. The van der Waals surface area contributed by atoms with Gasteiger partial charge >= 0.3 is 17.1 Å². The molecule has 0 aliphatic carbocycles. The van der Waals surface area contributed by atoms with Crippen LogP contribution in [-0.4, -0.2) is 11.9 Å². The Labute approximate surface area is 266 Å². The number of rotatable bonds is 30. The molecule has 0 N–H and O–H groups in total. The van der Waals surface area contributed by atoms with Crippen LogP contribution in [-0.2, 0) is 26.7 Å². The Kier molecular flexibility index (Phi) is 44.5. The molecule has 0 aromatic rings. The van der Waals surface area contributed by atoms with Crippen LogP contribution in [0.25, 0.3) is 0 Å². The smallest absolute Gasteiger partial charge is 0.550 e. The SMILES string of the molecule is CCCCCCCCC=CCCCCCCCC(=O)[O-].CCCCCCCCC=CCCCCCCCC(=O)[O-].[Fe+2]. The molecular weight excluding hydrogens is 552 g/mol. The molecule has 0 aliphatic rings.